The molecule has 0 unspecified atom stereocenters. The molecule has 0 radical (unpaired) electrons. The molecule has 3 N–H and O–H groups in total. The van der Waals surface area contributed by atoms with Crippen LogP contribution >= 0.6 is 0 Å². The summed E-state index contributed by atoms with van der Waals surface area (Å²) in [5.74, 6) is 0.154. The molecule has 0 aromatic rings. The van der Waals surface area contributed by atoms with Crippen LogP contribution in [0.25, 0.3) is 0 Å². The first kappa shape index (κ1) is 32.0. The van der Waals surface area contributed by atoms with Crippen LogP contribution in [0.4, 0.5) is 4.39 Å². The number of alkyl halides is 1. The first-order valence-corrected chi connectivity index (χ1v) is 14.1. The highest BCUT2D eigenvalue weighted by atomic mass is 32.2. The van der Waals surface area contributed by atoms with Crippen molar-refractivity contribution >= 4 is 10.1 Å². The summed E-state index contributed by atoms with van der Waals surface area (Å²) < 4.78 is 40.9. The van der Waals surface area contributed by atoms with E-state index in [0.717, 1.165) is 44.9 Å². The molecular weight excluding hydrogens is 401 g/mol. The Bertz CT molecular complexity index is 419. The predicted molar refractivity (Wildman–Crippen MR) is 129 cm³/mol. The molecule has 0 heterocycles. The molecule has 0 saturated heterocycles. The lowest BCUT2D eigenvalue weighted by molar-refractivity contribution is 0.305. The van der Waals surface area contributed by atoms with Crippen LogP contribution in [-0.4, -0.2) is 27.5 Å². The van der Waals surface area contributed by atoms with E-state index in [2.05, 4.69) is 6.92 Å². The minimum atomic E-state index is -3.34. The Morgan fingerprint density at radius 2 is 0.933 bits per heavy atom. The standard InChI is InChI=1S/C24H49FO3S.H3N/c1-2-3-4-5-6-7-8-11-14-17-20-23-28-29(26,27)24-21-18-15-12-9-10-13-16-19-22-25;/h2-24H2,1H3;1H3. The highest BCUT2D eigenvalue weighted by Crippen LogP contribution is 2.13. The number of unbranched alkanes of at least 4 members (excludes halogenated alkanes) is 18. The van der Waals surface area contributed by atoms with Crippen molar-refractivity contribution in [3.8, 4) is 0 Å². The highest BCUT2D eigenvalue weighted by molar-refractivity contribution is 7.86. The maximum absolute atomic E-state index is 12.0. The van der Waals surface area contributed by atoms with E-state index in [0.29, 0.717) is 19.4 Å². The fraction of sp³-hybridized carbons (Fsp3) is 1.00. The summed E-state index contributed by atoms with van der Waals surface area (Å²) in [5, 5.41) is 0. The van der Waals surface area contributed by atoms with Gasteiger partial charge in [0.2, 0.25) is 0 Å². The number of hydrogen-bond acceptors (Lipinski definition) is 4. The Labute approximate surface area is 187 Å². The van der Waals surface area contributed by atoms with Gasteiger partial charge in [0, 0.05) is 0 Å². The average Bonchev–Trinajstić information content (AvgIpc) is 2.70. The van der Waals surface area contributed by atoms with Gasteiger partial charge in [-0.15, -0.1) is 0 Å². The van der Waals surface area contributed by atoms with Gasteiger partial charge in [0.05, 0.1) is 19.0 Å². The SMILES string of the molecule is CCCCCCCCCCCCCOS(=O)(=O)CCCCCCCCCCCF.N. The lowest BCUT2D eigenvalue weighted by Gasteiger charge is -2.06. The summed E-state index contributed by atoms with van der Waals surface area (Å²) in [4.78, 5) is 0. The van der Waals surface area contributed by atoms with Crippen LogP contribution in [0, 0.1) is 0 Å². The maximum Gasteiger partial charge on any atom is 0.267 e. The quantitative estimate of drug-likeness (QED) is 0.118. The van der Waals surface area contributed by atoms with Crippen molar-refractivity contribution in [1.82, 2.24) is 6.15 Å². The zero-order valence-electron chi connectivity index (χ0n) is 20.0. The normalized spacial score (nSPS) is 11.5. The lowest BCUT2D eigenvalue weighted by Crippen LogP contribution is -2.11. The third kappa shape index (κ3) is 25.8. The topological polar surface area (TPSA) is 78.4 Å². The summed E-state index contributed by atoms with van der Waals surface area (Å²) in [7, 11) is -3.34. The number of halogens is 1. The van der Waals surface area contributed by atoms with Crippen molar-refractivity contribution < 1.29 is 17.0 Å². The minimum absolute atomic E-state index is 0. The Balaban J connectivity index is 0. The van der Waals surface area contributed by atoms with E-state index in [1.54, 1.807) is 0 Å². The van der Waals surface area contributed by atoms with Gasteiger partial charge in [-0.1, -0.05) is 116 Å². The molecule has 0 aromatic heterocycles. The van der Waals surface area contributed by atoms with Crippen molar-refractivity contribution in [3.05, 3.63) is 0 Å². The van der Waals surface area contributed by atoms with Gasteiger partial charge in [0.1, 0.15) is 0 Å². The first-order valence-electron chi connectivity index (χ1n) is 12.6. The molecule has 0 aliphatic rings. The molecule has 0 amide bonds. The zero-order valence-corrected chi connectivity index (χ0v) is 20.8. The molecule has 0 spiro atoms. The molecule has 0 aliphatic carbocycles. The molecule has 0 rings (SSSR count). The van der Waals surface area contributed by atoms with E-state index in [4.69, 9.17) is 4.18 Å². The molecule has 30 heavy (non-hydrogen) atoms. The van der Waals surface area contributed by atoms with Crippen LogP contribution < -0.4 is 6.15 Å². The van der Waals surface area contributed by atoms with E-state index >= 15 is 0 Å². The number of hydrogen-bond donors (Lipinski definition) is 1. The van der Waals surface area contributed by atoms with Crippen LogP contribution in [0.5, 0.6) is 0 Å². The summed E-state index contributed by atoms with van der Waals surface area (Å²) >= 11 is 0. The van der Waals surface area contributed by atoms with Gasteiger partial charge in [-0.2, -0.15) is 8.42 Å². The Morgan fingerprint density at radius 3 is 1.37 bits per heavy atom. The van der Waals surface area contributed by atoms with Crippen LogP contribution in [0.1, 0.15) is 135 Å². The molecule has 0 saturated carbocycles. The van der Waals surface area contributed by atoms with Crippen molar-refractivity contribution in [1.29, 1.82) is 0 Å². The number of rotatable bonds is 24. The van der Waals surface area contributed by atoms with Gasteiger partial charge >= 0.3 is 0 Å². The summed E-state index contributed by atoms with van der Waals surface area (Å²) in [6.45, 7) is 2.40. The Morgan fingerprint density at radius 1 is 0.567 bits per heavy atom. The van der Waals surface area contributed by atoms with Crippen molar-refractivity contribution in [3.63, 3.8) is 0 Å². The second-order valence-corrected chi connectivity index (χ2v) is 10.2. The smallest absolute Gasteiger partial charge is 0.267 e. The molecule has 0 aliphatic heterocycles. The van der Waals surface area contributed by atoms with Gasteiger partial charge in [0.25, 0.3) is 10.1 Å². The Hall–Kier alpha value is -0.200. The second-order valence-electron chi connectivity index (χ2n) is 8.49. The van der Waals surface area contributed by atoms with E-state index in [1.807, 2.05) is 0 Å². The first-order chi connectivity index (χ1) is 14.1. The highest BCUT2D eigenvalue weighted by Gasteiger charge is 2.10. The predicted octanol–water partition coefficient (Wildman–Crippen LogP) is 8.29. The van der Waals surface area contributed by atoms with Crippen LogP contribution in [0.15, 0.2) is 0 Å². The minimum Gasteiger partial charge on any atom is -0.344 e. The Kier molecular flexibility index (Phi) is 26.7. The molecule has 6 heteroatoms. The zero-order chi connectivity index (χ0) is 21.5. The van der Waals surface area contributed by atoms with Crippen LogP contribution in [-0.2, 0) is 14.3 Å². The second kappa shape index (κ2) is 25.1. The molecule has 0 fully saturated rings. The third-order valence-electron chi connectivity index (χ3n) is 5.54. The van der Waals surface area contributed by atoms with Gasteiger partial charge in [0.15, 0.2) is 0 Å². The van der Waals surface area contributed by atoms with E-state index < -0.39 is 10.1 Å². The van der Waals surface area contributed by atoms with E-state index in [1.165, 1.54) is 70.6 Å². The molecule has 4 nitrogen and oxygen atoms in total. The summed E-state index contributed by atoms with van der Waals surface area (Å²) in [6, 6.07) is 0. The van der Waals surface area contributed by atoms with Gasteiger partial charge < -0.3 is 6.15 Å². The van der Waals surface area contributed by atoms with E-state index in [-0.39, 0.29) is 18.6 Å². The average molecular weight is 454 g/mol. The summed E-state index contributed by atoms with van der Waals surface area (Å²) in [5.41, 5.74) is 0. The van der Waals surface area contributed by atoms with Crippen molar-refractivity contribution in [2.75, 3.05) is 19.0 Å². The van der Waals surface area contributed by atoms with Gasteiger partial charge in [-0.05, 0) is 19.3 Å². The third-order valence-corrected chi connectivity index (χ3v) is 6.85. The largest absolute Gasteiger partial charge is 0.344 e. The maximum atomic E-state index is 12.0. The monoisotopic (exact) mass is 453 g/mol. The molecule has 0 aromatic carbocycles. The molecule has 184 valence electrons. The van der Waals surface area contributed by atoms with Crippen LogP contribution in [0.3, 0.4) is 0 Å². The van der Waals surface area contributed by atoms with Crippen molar-refractivity contribution in [2.45, 2.75) is 135 Å². The summed E-state index contributed by atoms with van der Waals surface area (Å²) in [6.07, 6.45) is 22.8. The van der Waals surface area contributed by atoms with Gasteiger partial charge in [-0.25, -0.2) is 0 Å². The van der Waals surface area contributed by atoms with E-state index in [9.17, 15) is 12.8 Å². The fourth-order valence-corrected chi connectivity index (χ4v) is 4.67. The lowest BCUT2D eigenvalue weighted by atomic mass is 10.1. The molecular formula is C24H52FNO3S. The van der Waals surface area contributed by atoms with Crippen LogP contribution in [0.2, 0.25) is 0 Å². The van der Waals surface area contributed by atoms with Crippen molar-refractivity contribution in [2.24, 2.45) is 0 Å². The molecule has 0 bridgehead atoms. The molecule has 0 atom stereocenters. The fourth-order valence-electron chi connectivity index (χ4n) is 3.62. The van der Waals surface area contributed by atoms with Gasteiger partial charge in [-0.3, -0.25) is 8.57 Å².